The van der Waals surface area contributed by atoms with Crippen molar-refractivity contribution in [3.05, 3.63) is 58.8 Å². The Kier molecular flexibility index (Phi) is 4.94. The van der Waals surface area contributed by atoms with Crippen molar-refractivity contribution in [1.82, 2.24) is 0 Å². The Morgan fingerprint density at radius 2 is 2.04 bits per heavy atom. The number of carbonyl (C=O) groups is 2. The average molecular weight is 330 g/mol. The van der Waals surface area contributed by atoms with Gasteiger partial charge in [-0.2, -0.15) is 0 Å². The van der Waals surface area contributed by atoms with Gasteiger partial charge in [-0.15, -0.1) is 0 Å². The van der Waals surface area contributed by atoms with E-state index in [-0.39, 0.29) is 11.1 Å². The van der Waals surface area contributed by atoms with Gasteiger partial charge in [0.2, 0.25) is 11.6 Å². The van der Waals surface area contributed by atoms with E-state index < -0.39 is 22.9 Å². The van der Waals surface area contributed by atoms with E-state index in [1.807, 2.05) is 13.0 Å². The zero-order valence-corrected chi connectivity index (χ0v) is 14.3. The number of hydrogen-bond donors (Lipinski definition) is 2. The SMILES string of the molecule is CCC(C)/C=C(C)/C=C/C1=CC2=C(O)C(=O)C(C)(O)C(=O)C2=CO1. The van der Waals surface area contributed by atoms with Crippen molar-refractivity contribution in [3.8, 4) is 0 Å². The van der Waals surface area contributed by atoms with E-state index in [0.29, 0.717) is 11.7 Å². The van der Waals surface area contributed by atoms with Crippen molar-refractivity contribution in [3.63, 3.8) is 0 Å². The molecular weight excluding hydrogens is 308 g/mol. The van der Waals surface area contributed by atoms with Gasteiger partial charge in [0, 0.05) is 5.57 Å². The van der Waals surface area contributed by atoms with E-state index in [2.05, 4.69) is 19.9 Å². The Balaban J connectivity index is 2.31. The largest absolute Gasteiger partial charge is 0.504 e. The summed E-state index contributed by atoms with van der Waals surface area (Å²) in [6.45, 7) is 7.26. The van der Waals surface area contributed by atoms with Crippen LogP contribution in [0.1, 0.15) is 34.1 Å². The predicted octanol–water partition coefficient (Wildman–Crippen LogP) is 3.05. The number of ketones is 2. The summed E-state index contributed by atoms with van der Waals surface area (Å²) >= 11 is 0. The molecule has 2 unspecified atom stereocenters. The third-order valence-electron chi connectivity index (χ3n) is 4.19. The standard InChI is InChI=1S/C19H22O5/c1-5-11(2)8-12(3)6-7-13-9-14-15(10-24-13)17(21)19(4,23)18(22)16(14)20/h6-11,20,23H,5H2,1-4H3/b7-6+,12-8+. The Morgan fingerprint density at radius 3 is 2.67 bits per heavy atom. The second-order valence-corrected chi connectivity index (χ2v) is 6.32. The third kappa shape index (κ3) is 3.26. The summed E-state index contributed by atoms with van der Waals surface area (Å²) in [5.74, 6) is -1.57. The van der Waals surface area contributed by atoms with Gasteiger partial charge >= 0.3 is 0 Å². The molecule has 2 rings (SSSR count). The Hall–Kier alpha value is -2.40. The van der Waals surface area contributed by atoms with Gasteiger partial charge in [-0.05, 0) is 31.9 Å². The smallest absolute Gasteiger partial charge is 0.236 e. The average Bonchev–Trinajstić information content (AvgIpc) is 2.56. The zero-order chi connectivity index (χ0) is 18.1. The molecule has 1 aliphatic heterocycles. The van der Waals surface area contributed by atoms with E-state index in [0.717, 1.165) is 25.2 Å². The van der Waals surface area contributed by atoms with Gasteiger partial charge in [-0.3, -0.25) is 9.59 Å². The van der Waals surface area contributed by atoms with Crippen LogP contribution in [0.4, 0.5) is 0 Å². The molecule has 5 heteroatoms. The van der Waals surface area contributed by atoms with E-state index in [4.69, 9.17) is 4.74 Å². The highest BCUT2D eigenvalue weighted by Crippen LogP contribution is 2.34. The van der Waals surface area contributed by atoms with Gasteiger partial charge in [-0.25, -0.2) is 0 Å². The lowest BCUT2D eigenvalue weighted by atomic mass is 9.79. The van der Waals surface area contributed by atoms with Crippen LogP contribution in [-0.4, -0.2) is 27.4 Å². The van der Waals surface area contributed by atoms with Crippen LogP contribution in [0.2, 0.25) is 0 Å². The highest BCUT2D eigenvalue weighted by molar-refractivity contribution is 6.26. The second kappa shape index (κ2) is 6.61. The molecule has 5 nitrogen and oxygen atoms in total. The third-order valence-corrected chi connectivity index (χ3v) is 4.19. The van der Waals surface area contributed by atoms with Gasteiger partial charge < -0.3 is 14.9 Å². The van der Waals surface area contributed by atoms with Crippen LogP contribution in [-0.2, 0) is 14.3 Å². The van der Waals surface area contributed by atoms with E-state index >= 15 is 0 Å². The molecular formula is C19H22O5. The number of ether oxygens (including phenoxy) is 1. The van der Waals surface area contributed by atoms with Crippen LogP contribution < -0.4 is 0 Å². The first-order valence-electron chi connectivity index (χ1n) is 7.89. The maximum absolute atomic E-state index is 12.1. The fraction of sp³-hybridized carbons (Fsp3) is 0.368. The molecule has 0 saturated carbocycles. The van der Waals surface area contributed by atoms with Crippen molar-refractivity contribution >= 4 is 11.6 Å². The number of rotatable bonds is 4. The quantitative estimate of drug-likeness (QED) is 0.611. The monoisotopic (exact) mass is 330 g/mol. The van der Waals surface area contributed by atoms with E-state index in [1.165, 1.54) is 6.08 Å². The van der Waals surface area contributed by atoms with Crippen molar-refractivity contribution in [2.75, 3.05) is 0 Å². The molecule has 0 aromatic heterocycles. The molecule has 2 N–H and O–H groups in total. The van der Waals surface area contributed by atoms with Crippen molar-refractivity contribution in [2.24, 2.45) is 5.92 Å². The molecule has 2 atom stereocenters. The highest BCUT2D eigenvalue weighted by Gasteiger charge is 2.48. The maximum Gasteiger partial charge on any atom is 0.236 e. The summed E-state index contributed by atoms with van der Waals surface area (Å²) in [5, 5.41) is 20.0. The lowest BCUT2D eigenvalue weighted by Crippen LogP contribution is -2.49. The first-order valence-corrected chi connectivity index (χ1v) is 7.89. The lowest BCUT2D eigenvalue weighted by Gasteiger charge is -2.28. The van der Waals surface area contributed by atoms with Crippen LogP contribution >= 0.6 is 0 Å². The molecule has 0 aromatic carbocycles. The van der Waals surface area contributed by atoms with Crippen molar-refractivity contribution in [2.45, 2.75) is 39.7 Å². The molecule has 1 aliphatic carbocycles. The molecule has 0 amide bonds. The number of allylic oxidation sites excluding steroid dienone is 6. The second-order valence-electron chi connectivity index (χ2n) is 6.32. The summed E-state index contributed by atoms with van der Waals surface area (Å²) in [5.41, 5.74) is -1.15. The fourth-order valence-electron chi connectivity index (χ4n) is 2.46. The summed E-state index contributed by atoms with van der Waals surface area (Å²) in [4.78, 5) is 24.1. The minimum atomic E-state index is -2.26. The number of carbonyl (C=O) groups excluding carboxylic acids is 2. The maximum atomic E-state index is 12.1. The molecule has 0 aromatic rings. The van der Waals surface area contributed by atoms with Gasteiger partial charge in [0.1, 0.15) is 12.0 Å². The number of Topliss-reactive ketones (excluding diaryl/α,β-unsaturated/α-hetero) is 2. The molecule has 1 heterocycles. The topological polar surface area (TPSA) is 83.8 Å². The molecule has 0 saturated heterocycles. The van der Waals surface area contributed by atoms with E-state index in [1.54, 1.807) is 6.08 Å². The first-order chi connectivity index (χ1) is 11.2. The van der Waals surface area contributed by atoms with Crippen molar-refractivity contribution in [1.29, 1.82) is 0 Å². The molecule has 0 spiro atoms. The Morgan fingerprint density at radius 1 is 1.38 bits per heavy atom. The number of fused-ring (bicyclic) bond motifs is 1. The molecule has 0 fully saturated rings. The Bertz CT molecular complexity index is 729. The van der Waals surface area contributed by atoms with Crippen LogP contribution in [0.5, 0.6) is 0 Å². The van der Waals surface area contributed by atoms with Crippen LogP contribution in [0, 0.1) is 5.92 Å². The number of hydrogen-bond acceptors (Lipinski definition) is 5. The van der Waals surface area contributed by atoms with Gasteiger partial charge in [0.05, 0.1) is 5.57 Å². The molecule has 128 valence electrons. The Labute approximate surface area is 141 Å². The zero-order valence-electron chi connectivity index (χ0n) is 14.3. The minimum Gasteiger partial charge on any atom is -0.504 e. The molecule has 24 heavy (non-hydrogen) atoms. The van der Waals surface area contributed by atoms with Gasteiger partial charge in [0.15, 0.2) is 11.4 Å². The summed E-state index contributed by atoms with van der Waals surface area (Å²) < 4.78 is 5.37. The molecule has 0 bridgehead atoms. The normalized spacial score (nSPS) is 26.1. The summed E-state index contributed by atoms with van der Waals surface area (Å²) in [7, 11) is 0. The van der Waals surface area contributed by atoms with Crippen LogP contribution in [0.3, 0.4) is 0 Å². The van der Waals surface area contributed by atoms with Gasteiger partial charge in [0.25, 0.3) is 0 Å². The van der Waals surface area contributed by atoms with Crippen LogP contribution in [0.25, 0.3) is 0 Å². The lowest BCUT2D eigenvalue weighted by molar-refractivity contribution is -0.146. The van der Waals surface area contributed by atoms with Gasteiger partial charge in [-0.1, -0.05) is 38.0 Å². The van der Waals surface area contributed by atoms with E-state index in [9.17, 15) is 19.8 Å². The fourth-order valence-corrected chi connectivity index (χ4v) is 2.46. The highest BCUT2D eigenvalue weighted by atomic mass is 16.5. The minimum absolute atomic E-state index is 0.0129. The molecule has 2 aliphatic rings. The predicted molar refractivity (Wildman–Crippen MR) is 89.9 cm³/mol. The first kappa shape index (κ1) is 17.9. The number of aliphatic hydroxyl groups excluding tert-OH is 1. The summed E-state index contributed by atoms with van der Waals surface area (Å²) in [6, 6.07) is 0. The van der Waals surface area contributed by atoms with Crippen molar-refractivity contribution < 1.29 is 24.5 Å². The number of aliphatic hydroxyl groups is 2. The summed E-state index contributed by atoms with van der Waals surface area (Å²) in [6.07, 6.45) is 9.30. The van der Waals surface area contributed by atoms with Crippen LogP contribution in [0.15, 0.2) is 58.8 Å². The molecule has 0 radical (unpaired) electrons.